The molecule has 0 saturated carbocycles. The van der Waals surface area contributed by atoms with Crippen LogP contribution in [0.1, 0.15) is 30.5 Å². The Bertz CT molecular complexity index is 296. The van der Waals surface area contributed by atoms with Gasteiger partial charge < -0.3 is 15.4 Å². The summed E-state index contributed by atoms with van der Waals surface area (Å²) in [5.74, 6) is 1.72. The fourth-order valence-corrected chi connectivity index (χ4v) is 1.75. The van der Waals surface area contributed by atoms with Crippen LogP contribution in [0, 0.1) is 0 Å². The molecule has 0 fully saturated rings. The first kappa shape index (κ1) is 8.65. The highest BCUT2D eigenvalue weighted by molar-refractivity contribution is 5.03. The molecule has 0 bridgehead atoms. The van der Waals surface area contributed by atoms with Crippen molar-refractivity contribution in [3.63, 3.8) is 0 Å². The molecule has 1 aliphatic rings. The Morgan fingerprint density at radius 1 is 1.54 bits per heavy atom. The molecular weight excluding hydrogens is 168 g/mol. The van der Waals surface area contributed by atoms with E-state index in [0.717, 1.165) is 31.0 Å². The normalized spacial score (nSPS) is 21.5. The summed E-state index contributed by atoms with van der Waals surface area (Å²) in [6.07, 6.45) is 2.63. The number of rotatable bonds is 2. The van der Waals surface area contributed by atoms with Gasteiger partial charge in [-0.1, -0.05) is 0 Å². The third kappa shape index (κ3) is 1.45. The molecule has 2 rings (SSSR count). The topological polar surface area (TPSA) is 77.0 Å². The van der Waals surface area contributed by atoms with Crippen molar-refractivity contribution in [1.82, 2.24) is 14.8 Å². The Hall–Kier alpha value is -0.940. The standard InChI is InChI=1S/C8H14N4O/c9-6-2-1-4-12-7(3-5-13)10-11-8(6)12/h6,13H,1-5,9H2. The maximum atomic E-state index is 8.79. The highest BCUT2D eigenvalue weighted by atomic mass is 16.3. The maximum Gasteiger partial charge on any atom is 0.149 e. The number of nitrogens with two attached hydrogens (primary N) is 1. The summed E-state index contributed by atoms with van der Waals surface area (Å²) < 4.78 is 2.03. The molecule has 0 saturated heterocycles. The molecule has 5 heteroatoms. The molecule has 0 aromatic carbocycles. The minimum atomic E-state index is 0.0219. The zero-order valence-corrected chi connectivity index (χ0v) is 7.48. The van der Waals surface area contributed by atoms with Crippen LogP contribution in [0.3, 0.4) is 0 Å². The van der Waals surface area contributed by atoms with E-state index in [1.165, 1.54) is 0 Å². The number of nitrogens with zero attached hydrogens (tertiary/aromatic N) is 3. The molecule has 2 heterocycles. The minimum absolute atomic E-state index is 0.0219. The van der Waals surface area contributed by atoms with E-state index in [1.807, 2.05) is 4.57 Å². The molecule has 1 aromatic rings. The predicted molar refractivity (Wildman–Crippen MR) is 47.0 cm³/mol. The summed E-state index contributed by atoms with van der Waals surface area (Å²) in [5.41, 5.74) is 5.87. The van der Waals surface area contributed by atoms with Crippen LogP contribution < -0.4 is 5.73 Å². The van der Waals surface area contributed by atoms with Crippen LogP contribution in [0.4, 0.5) is 0 Å². The second-order valence-corrected chi connectivity index (χ2v) is 3.35. The smallest absolute Gasteiger partial charge is 0.149 e. The number of hydrogen-bond donors (Lipinski definition) is 2. The summed E-state index contributed by atoms with van der Waals surface area (Å²) in [6, 6.07) is 0.0219. The van der Waals surface area contributed by atoms with E-state index < -0.39 is 0 Å². The lowest BCUT2D eigenvalue weighted by Gasteiger charge is -2.19. The zero-order chi connectivity index (χ0) is 9.26. The molecule has 0 aliphatic carbocycles. The molecule has 1 aromatic heterocycles. The summed E-state index contributed by atoms with van der Waals surface area (Å²) in [5, 5.41) is 16.8. The minimum Gasteiger partial charge on any atom is -0.396 e. The van der Waals surface area contributed by atoms with Crippen LogP contribution in [-0.2, 0) is 13.0 Å². The first-order valence-corrected chi connectivity index (χ1v) is 4.61. The van der Waals surface area contributed by atoms with Gasteiger partial charge in [0.1, 0.15) is 11.6 Å². The van der Waals surface area contributed by atoms with Crippen molar-refractivity contribution in [3.05, 3.63) is 11.6 Å². The fourth-order valence-electron chi connectivity index (χ4n) is 1.75. The number of fused-ring (bicyclic) bond motifs is 1. The average Bonchev–Trinajstić information content (AvgIpc) is 2.51. The first-order chi connectivity index (χ1) is 6.33. The summed E-state index contributed by atoms with van der Waals surface area (Å²) in [7, 11) is 0. The number of aromatic nitrogens is 3. The van der Waals surface area contributed by atoms with Gasteiger partial charge in [0.25, 0.3) is 0 Å². The highest BCUT2D eigenvalue weighted by Gasteiger charge is 2.21. The van der Waals surface area contributed by atoms with Crippen molar-refractivity contribution in [2.75, 3.05) is 6.61 Å². The molecule has 0 amide bonds. The van der Waals surface area contributed by atoms with E-state index in [2.05, 4.69) is 10.2 Å². The molecule has 5 nitrogen and oxygen atoms in total. The van der Waals surface area contributed by atoms with Crippen LogP contribution in [0.25, 0.3) is 0 Å². The predicted octanol–water partition coefficient (Wildman–Crippen LogP) is -0.394. The van der Waals surface area contributed by atoms with Crippen LogP contribution in [0.5, 0.6) is 0 Å². The van der Waals surface area contributed by atoms with Crippen LogP contribution in [-0.4, -0.2) is 26.5 Å². The number of hydrogen-bond acceptors (Lipinski definition) is 4. The van der Waals surface area contributed by atoms with Gasteiger partial charge >= 0.3 is 0 Å². The molecule has 1 unspecified atom stereocenters. The highest BCUT2D eigenvalue weighted by Crippen LogP contribution is 2.21. The zero-order valence-electron chi connectivity index (χ0n) is 7.48. The van der Waals surface area contributed by atoms with Crippen molar-refractivity contribution in [3.8, 4) is 0 Å². The molecular formula is C8H14N4O. The maximum absolute atomic E-state index is 8.79. The molecule has 72 valence electrons. The van der Waals surface area contributed by atoms with E-state index in [9.17, 15) is 0 Å². The average molecular weight is 182 g/mol. The third-order valence-electron chi connectivity index (χ3n) is 2.42. The van der Waals surface area contributed by atoms with Gasteiger partial charge in [0.05, 0.1) is 12.6 Å². The second-order valence-electron chi connectivity index (χ2n) is 3.35. The molecule has 3 N–H and O–H groups in total. The molecule has 0 radical (unpaired) electrons. The van der Waals surface area contributed by atoms with E-state index in [-0.39, 0.29) is 12.6 Å². The van der Waals surface area contributed by atoms with Crippen LogP contribution in [0.15, 0.2) is 0 Å². The summed E-state index contributed by atoms with van der Waals surface area (Å²) in [4.78, 5) is 0. The van der Waals surface area contributed by atoms with Gasteiger partial charge in [0, 0.05) is 13.0 Å². The van der Waals surface area contributed by atoms with Crippen molar-refractivity contribution in [2.24, 2.45) is 5.73 Å². The van der Waals surface area contributed by atoms with E-state index >= 15 is 0 Å². The van der Waals surface area contributed by atoms with Gasteiger partial charge in [-0.05, 0) is 12.8 Å². The van der Waals surface area contributed by atoms with Gasteiger partial charge in [0.2, 0.25) is 0 Å². The molecule has 1 atom stereocenters. The van der Waals surface area contributed by atoms with Gasteiger partial charge in [-0.25, -0.2) is 0 Å². The SMILES string of the molecule is NC1CCCn2c(CCO)nnc21. The van der Waals surface area contributed by atoms with Crippen LogP contribution >= 0.6 is 0 Å². The third-order valence-corrected chi connectivity index (χ3v) is 2.42. The Morgan fingerprint density at radius 2 is 2.38 bits per heavy atom. The van der Waals surface area contributed by atoms with Crippen molar-refractivity contribution >= 4 is 0 Å². The largest absolute Gasteiger partial charge is 0.396 e. The van der Waals surface area contributed by atoms with Gasteiger partial charge in [-0.2, -0.15) is 0 Å². The molecule has 1 aliphatic heterocycles. The van der Waals surface area contributed by atoms with Gasteiger partial charge in [-0.15, -0.1) is 10.2 Å². The quantitative estimate of drug-likeness (QED) is 0.653. The lowest BCUT2D eigenvalue weighted by Crippen LogP contribution is -2.23. The van der Waals surface area contributed by atoms with Crippen molar-refractivity contribution in [2.45, 2.75) is 31.8 Å². The Morgan fingerprint density at radius 3 is 3.15 bits per heavy atom. The number of aliphatic hydroxyl groups is 1. The Labute approximate surface area is 76.6 Å². The second kappa shape index (κ2) is 3.43. The van der Waals surface area contributed by atoms with E-state index in [0.29, 0.717) is 6.42 Å². The monoisotopic (exact) mass is 182 g/mol. The lowest BCUT2D eigenvalue weighted by atomic mass is 10.1. The molecule has 0 spiro atoms. The van der Waals surface area contributed by atoms with Crippen molar-refractivity contribution in [1.29, 1.82) is 0 Å². The van der Waals surface area contributed by atoms with Gasteiger partial charge in [-0.3, -0.25) is 0 Å². The van der Waals surface area contributed by atoms with Gasteiger partial charge in [0.15, 0.2) is 0 Å². The lowest BCUT2D eigenvalue weighted by molar-refractivity contribution is 0.293. The van der Waals surface area contributed by atoms with Crippen molar-refractivity contribution < 1.29 is 5.11 Å². The Kier molecular flexibility index (Phi) is 2.28. The van der Waals surface area contributed by atoms with E-state index in [1.54, 1.807) is 0 Å². The number of aliphatic hydroxyl groups excluding tert-OH is 1. The Balaban J connectivity index is 2.30. The summed E-state index contributed by atoms with van der Waals surface area (Å²) in [6.45, 7) is 1.05. The molecule has 13 heavy (non-hydrogen) atoms. The fraction of sp³-hybridized carbons (Fsp3) is 0.750. The first-order valence-electron chi connectivity index (χ1n) is 4.61. The van der Waals surface area contributed by atoms with Crippen LogP contribution in [0.2, 0.25) is 0 Å². The van der Waals surface area contributed by atoms with E-state index in [4.69, 9.17) is 10.8 Å². The summed E-state index contributed by atoms with van der Waals surface area (Å²) >= 11 is 0.